The zero-order chi connectivity index (χ0) is 15.2. The van der Waals surface area contributed by atoms with Crippen molar-refractivity contribution in [3.05, 3.63) is 35.9 Å². The summed E-state index contributed by atoms with van der Waals surface area (Å²) in [4.78, 5) is 18.0. The molecule has 1 N–H and O–H groups in total. The number of aromatic carboxylic acids is 1. The third-order valence-corrected chi connectivity index (χ3v) is 3.33. The highest BCUT2D eigenvalue weighted by atomic mass is 16.5. The summed E-state index contributed by atoms with van der Waals surface area (Å²) in [5, 5.41) is 10.3. The van der Waals surface area contributed by atoms with Crippen molar-refractivity contribution in [2.75, 3.05) is 31.2 Å². The summed E-state index contributed by atoms with van der Waals surface area (Å²) >= 11 is 0. The number of carboxylic acids is 1. The molecule has 0 aliphatic carbocycles. The lowest BCUT2D eigenvalue weighted by atomic mass is 10.1. The third-order valence-electron chi connectivity index (χ3n) is 3.33. The Morgan fingerprint density at radius 3 is 2.76 bits per heavy atom. The van der Waals surface area contributed by atoms with E-state index in [9.17, 15) is 9.90 Å². The summed E-state index contributed by atoms with van der Waals surface area (Å²) in [6, 6.07) is 9.22. The molecule has 0 fully saturated rings. The molecule has 21 heavy (non-hydrogen) atoms. The number of likely N-dealkylation sites (N-methyl/N-ethyl adjacent to an activating group) is 1. The van der Waals surface area contributed by atoms with Crippen LogP contribution in [0.3, 0.4) is 0 Å². The maximum Gasteiger partial charge on any atom is 0.339 e. The van der Waals surface area contributed by atoms with Gasteiger partial charge in [0.2, 0.25) is 0 Å². The first-order valence-corrected chi connectivity index (χ1v) is 7.13. The molecule has 5 nitrogen and oxygen atoms in total. The molecular formula is C16H20N2O3. The molecule has 5 heteroatoms. The fourth-order valence-electron chi connectivity index (χ4n) is 2.24. The molecule has 0 unspecified atom stereocenters. The highest BCUT2D eigenvalue weighted by Crippen LogP contribution is 2.23. The third kappa shape index (κ3) is 3.49. The van der Waals surface area contributed by atoms with Crippen molar-refractivity contribution in [3.8, 4) is 0 Å². The summed E-state index contributed by atoms with van der Waals surface area (Å²) in [6.45, 7) is 6.42. The lowest BCUT2D eigenvalue weighted by molar-refractivity contribution is 0.0697. The zero-order valence-corrected chi connectivity index (χ0v) is 12.4. The second kappa shape index (κ2) is 7.04. The lowest BCUT2D eigenvalue weighted by Gasteiger charge is -2.23. The number of rotatable bonds is 7. The van der Waals surface area contributed by atoms with E-state index in [1.165, 1.54) is 0 Å². The number of ether oxygens (including phenoxy) is 1. The van der Waals surface area contributed by atoms with Crippen LogP contribution in [-0.2, 0) is 4.74 Å². The molecule has 1 aromatic carbocycles. The topological polar surface area (TPSA) is 62.7 Å². The monoisotopic (exact) mass is 288 g/mol. The molecule has 0 saturated heterocycles. The maximum atomic E-state index is 11.5. The van der Waals surface area contributed by atoms with Gasteiger partial charge < -0.3 is 14.7 Å². The highest BCUT2D eigenvalue weighted by Gasteiger charge is 2.18. The van der Waals surface area contributed by atoms with Crippen LogP contribution in [0.1, 0.15) is 24.2 Å². The first kappa shape index (κ1) is 15.3. The van der Waals surface area contributed by atoms with Gasteiger partial charge in [-0.25, -0.2) is 9.78 Å². The summed E-state index contributed by atoms with van der Waals surface area (Å²) in [7, 11) is 0. The van der Waals surface area contributed by atoms with E-state index in [0.29, 0.717) is 32.1 Å². The Morgan fingerprint density at radius 1 is 1.33 bits per heavy atom. The predicted octanol–water partition coefficient (Wildman–Crippen LogP) is 2.80. The van der Waals surface area contributed by atoms with E-state index < -0.39 is 5.97 Å². The van der Waals surface area contributed by atoms with Crippen molar-refractivity contribution in [2.45, 2.75) is 13.8 Å². The van der Waals surface area contributed by atoms with E-state index in [1.807, 2.05) is 43.0 Å². The largest absolute Gasteiger partial charge is 0.478 e. The molecular weight excluding hydrogens is 268 g/mol. The first-order chi connectivity index (χ1) is 10.2. The number of pyridine rings is 1. The minimum Gasteiger partial charge on any atom is -0.478 e. The maximum absolute atomic E-state index is 11.5. The molecule has 0 atom stereocenters. The van der Waals surface area contributed by atoms with Crippen LogP contribution >= 0.6 is 0 Å². The molecule has 2 aromatic rings. The number of aromatic nitrogens is 1. The normalized spacial score (nSPS) is 10.8. The van der Waals surface area contributed by atoms with Gasteiger partial charge >= 0.3 is 5.97 Å². The van der Waals surface area contributed by atoms with Gasteiger partial charge in [-0.2, -0.15) is 0 Å². The lowest BCUT2D eigenvalue weighted by Crippen LogP contribution is -2.29. The summed E-state index contributed by atoms with van der Waals surface area (Å²) in [5.74, 6) is -0.457. The molecule has 0 spiro atoms. The first-order valence-electron chi connectivity index (χ1n) is 7.13. The van der Waals surface area contributed by atoms with Crippen LogP contribution in [0.25, 0.3) is 10.9 Å². The van der Waals surface area contributed by atoms with Crippen LogP contribution < -0.4 is 4.90 Å². The van der Waals surface area contributed by atoms with Gasteiger partial charge in [-0.05, 0) is 26.0 Å². The summed E-state index contributed by atoms with van der Waals surface area (Å²) in [5.41, 5.74) is 1.03. The SMILES string of the molecule is CCOCCN(CC)c1nc2ccccc2cc1C(=O)O. The number of hydrogen-bond acceptors (Lipinski definition) is 4. The molecule has 1 heterocycles. The van der Waals surface area contributed by atoms with Gasteiger partial charge in [0.15, 0.2) is 0 Å². The van der Waals surface area contributed by atoms with E-state index in [1.54, 1.807) is 6.07 Å². The van der Waals surface area contributed by atoms with Gasteiger partial charge in [-0.15, -0.1) is 0 Å². The Balaban J connectivity index is 2.43. The van der Waals surface area contributed by atoms with Gasteiger partial charge in [-0.1, -0.05) is 18.2 Å². The van der Waals surface area contributed by atoms with Crippen LogP contribution in [0.5, 0.6) is 0 Å². The molecule has 0 aliphatic heterocycles. The fourth-order valence-corrected chi connectivity index (χ4v) is 2.24. The Hall–Kier alpha value is -2.14. The highest BCUT2D eigenvalue weighted by molar-refractivity contribution is 5.98. The minimum atomic E-state index is -0.960. The van der Waals surface area contributed by atoms with Crippen LogP contribution in [0.4, 0.5) is 5.82 Å². The molecule has 112 valence electrons. The Morgan fingerprint density at radius 2 is 2.10 bits per heavy atom. The van der Waals surface area contributed by atoms with E-state index in [2.05, 4.69) is 4.98 Å². The molecule has 0 radical (unpaired) electrons. The predicted molar refractivity (Wildman–Crippen MR) is 83.1 cm³/mol. The number of carboxylic acid groups (broad SMARTS) is 1. The van der Waals surface area contributed by atoms with Gasteiger partial charge in [0.05, 0.1) is 12.1 Å². The fraction of sp³-hybridized carbons (Fsp3) is 0.375. The molecule has 2 rings (SSSR count). The molecule has 0 aliphatic rings. The average molecular weight is 288 g/mol. The number of benzene rings is 1. The van der Waals surface area contributed by atoms with Crippen LogP contribution in [0.2, 0.25) is 0 Å². The van der Waals surface area contributed by atoms with Crippen molar-refractivity contribution in [2.24, 2.45) is 0 Å². The Kier molecular flexibility index (Phi) is 5.11. The summed E-state index contributed by atoms with van der Waals surface area (Å²) < 4.78 is 5.36. The van der Waals surface area contributed by atoms with Crippen molar-refractivity contribution < 1.29 is 14.6 Å². The quantitative estimate of drug-likeness (QED) is 0.794. The van der Waals surface area contributed by atoms with Crippen molar-refractivity contribution in [1.29, 1.82) is 0 Å². The van der Waals surface area contributed by atoms with Gasteiger partial charge in [-0.3, -0.25) is 0 Å². The van der Waals surface area contributed by atoms with E-state index >= 15 is 0 Å². The number of nitrogens with zero attached hydrogens (tertiary/aromatic N) is 2. The molecule has 0 bridgehead atoms. The van der Waals surface area contributed by atoms with Crippen molar-refractivity contribution >= 4 is 22.7 Å². The Bertz CT molecular complexity index is 628. The number of fused-ring (bicyclic) bond motifs is 1. The second-order valence-electron chi connectivity index (χ2n) is 4.63. The van der Waals surface area contributed by atoms with Crippen molar-refractivity contribution in [3.63, 3.8) is 0 Å². The van der Waals surface area contributed by atoms with E-state index in [4.69, 9.17) is 4.74 Å². The van der Waals surface area contributed by atoms with Crippen molar-refractivity contribution in [1.82, 2.24) is 4.98 Å². The second-order valence-corrected chi connectivity index (χ2v) is 4.63. The average Bonchev–Trinajstić information content (AvgIpc) is 2.50. The van der Waals surface area contributed by atoms with E-state index in [0.717, 1.165) is 10.9 Å². The van der Waals surface area contributed by atoms with Crippen LogP contribution in [-0.4, -0.2) is 42.4 Å². The minimum absolute atomic E-state index is 0.229. The van der Waals surface area contributed by atoms with Gasteiger partial charge in [0.25, 0.3) is 0 Å². The standard InChI is InChI=1S/C16H20N2O3/c1-3-18(9-10-21-4-2)15-13(16(19)20)11-12-7-5-6-8-14(12)17-15/h5-8,11H,3-4,9-10H2,1-2H3,(H,19,20). The smallest absolute Gasteiger partial charge is 0.339 e. The summed E-state index contributed by atoms with van der Waals surface area (Å²) in [6.07, 6.45) is 0. The number of hydrogen-bond donors (Lipinski definition) is 1. The Labute approximate surface area is 124 Å². The molecule has 0 saturated carbocycles. The van der Waals surface area contributed by atoms with Crippen LogP contribution in [0.15, 0.2) is 30.3 Å². The van der Waals surface area contributed by atoms with E-state index in [-0.39, 0.29) is 5.56 Å². The number of anilines is 1. The zero-order valence-electron chi connectivity index (χ0n) is 12.4. The number of carbonyl (C=O) groups is 1. The molecule has 1 aromatic heterocycles. The van der Waals surface area contributed by atoms with Gasteiger partial charge in [0.1, 0.15) is 11.4 Å². The molecule has 0 amide bonds. The van der Waals surface area contributed by atoms with Gasteiger partial charge in [0, 0.05) is 25.1 Å². The number of para-hydroxylation sites is 1. The van der Waals surface area contributed by atoms with Crippen LogP contribution in [0, 0.1) is 0 Å².